The molecule has 5 rings (SSSR count). The Balaban J connectivity index is 1.27. The predicted molar refractivity (Wildman–Crippen MR) is 116 cm³/mol. The third-order valence-electron chi connectivity index (χ3n) is 6.15. The molecule has 6 heteroatoms. The van der Waals surface area contributed by atoms with Gasteiger partial charge in [-0.05, 0) is 50.2 Å². The minimum Gasteiger partial charge on any atom is -0.368 e. The van der Waals surface area contributed by atoms with Crippen LogP contribution in [0.5, 0.6) is 0 Å². The van der Waals surface area contributed by atoms with Gasteiger partial charge >= 0.3 is 0 Å². The van der Waals surface area contributed by atoms with Crippen molar-refractivity contribution >= 4 is 22.6 Å². The first-order chi connectivity index (χ1) is 14.3. The van der Waals surface area contributed by atoms with Crippen LogP contribution in [-0.2, 0) is 4.79 Å². The van der Waals surface area contributed by atoms with Crippen LogP contribution in [0.2, 0.25) is 0 Å². The molecule has 0 aliphatic carbocycles. The number of nitrogens with one attached hydrogen (secondary N) is 2. The number of piperidine rings is 1. The fourth-order valence-electron chi connectivity index (χ4n) is 4.45. The maximum absolute atomic E-state index is 12.8. The fraction of sp³-hybridized carbons (Fsp3) is 0.391. The number of rotatable bonds is 3. The fourth-order valence-corrected chi connectivity index (χ4v) is 4.45. The van der Waals surface area contributed by atoms with Crippen LogP contribution in [-0.4, -0.2) is 60.0 Å². The molecule has 150 valence electrons. The molecule has 0 atom stereocenters. The summed E-state index contributed by atoms with van der Waals surface area (Å²) < 4.78 is 0. The molecule has 0 unspecified atom stereocenters. The van der Waals surface area contributed by atoms with Crippen molar-refractivity contribution in [3.63, 3.8) is 0 Å². The molecule has 2 aromatic carbocycles. The van der Waals surface area contributed by atoms with Gasteiger partial charge in [-0.2, -0.15) is 0 Å². The number of hydrogen-bond acceptors (Lipinski definition) is 4. The summed E-state index contributed by atoms with van der Waals surface area (Å²) >= 11 is 0. The summed E-state index contributed by atoms with van der Waals surface area (Å²) in [6, 6.07) is 16.6. The Bertz CT molecular complexity index is 966. The highest BCUT2D eigenvalue weighted by Crippen LogP contribution is 2.26. The highest BCUT2D eigenvalue weighted by Gasteiger charge is 2.28. The highest BCUT2D eigenvalue weighted by atomic mass is 16.2. The van der Waals surface area contributed by atoms with Crippen molar-refractivity contribution in [2.75, 3.05) is 44.2 Å². The normalized spacial score (nSPS) is 18.3. The van der Waals surface area contributed by atoms with E-state index >= 15 is 0 Å². The van der Waals surface area contributed by atoms with Crippen molar-refractivity contribution in [1.29, 1.82) is 0 Å². The van der Waals surface area contributed by atoms with Gasteiger partial charge in [0.15, 0.2) is 0 Å². The molecule has 2 aliphatic heterocycles. The molecule has 3 aromatic rings. The zero-order chi connectivity index (χ0) is 19.6. The van der Waals surface area contributed by atoms with Crippen molar-refractivity contribution in [2.45, 2.75) is 12.8 Å². The molecule has 0 spiro atoms. The van der Waals surface area contributed by atoms with E-state index in [4.69, 9.17) is 4.98 Å². The Morgan fingerprint density at radius 3 is 2.55 bits per heavy atom. The second-order valence-corrected chi connectivity index (χ2v) is 7.99. The Hall–Kier alpha value is -2.86. The van der Waals surface area contributed by atoms with Gasteiger partial charge in [-0.1, -0.05) is 24.3 Å². The van der Waals surface area contributed by atoms with Crippen molar-refractivity contribution in [1.82, 2.24) is 20.2 Å². The lowest BCUT2D eigenvalue weighted by molar-refractivity contribution is -0.136. The quantitative estimate of drug-likeness (QED) is 0.723. The number of aromatic amines is 1. The Labute approximate surface area is 170 Å². The van der Waals surface area contributed by atoms with Gasteiger partial charge in [-0.3, -0.25) is 4.79 Å². The molecule has 3 heterocycles. The van der Waals surface area contributed by atoms with Crippen LogP contribution in [0, 0.1) is 5.92 Å². The van der Waals surface area contributed by atoms with E-state index < -0.39 is 0 Å². The molecule has 0 bridgehead atoms. The molecule has 2 saturated heterocycles. The number of amides is 1. The first-order valence-corrected chi connectivity index (χ1v) is 10.6. The molecule has 0 radical (unpaired) electrons. The van der Waals surface area contributed by atoms with E-state index in [1.807, 2.05) is 24.3 Å². The summed E-state index contributed by atoms with van der Waals surface area (Å²) in [4.78, 5) is 25.4. The van der Waals surface area contributed by atoms with Crippen molar-refractivity contribution < 1.29 is 4.79 Å². The van der Waals surface area contributed by atoms with Crippen molar-refractivity contribution in [3.8, 4) is 11.4 Å². The summed E-state index contributed by atoms with van der Waals surface area (Å²) in [6.07, 6.45) is 1.94. The van der Waals surface area contributed by atoms with Crippen LogP contribution < -0.4 is 10.2 Å². The molecular weight excluding hydrogens is 362 g/mol. The number of aromatic nitrogens is 2. The van der Waals surface area contributed by atoms with Gasteiger partial charge in [0.2, 0.25) is 5.91 Å². The summed E-state index contributed by atoms with van der Waals surface area (Å²) in [5, 5.41) is 3.34. The largest absolute Gasteiger partial charge is 0.368 e. The van der Waals surface area contributed by atoms with Gasteiger partial charge in [0.05, 0.1) is 11.0 Å². The van der Waals surface area contributed by atoms with Crippen LogP contribution in [0.25, 0.3) is 22.4 Å². The maximum Gasteiger partial charge on any atom is 0.225 e. The van der Waals surface area contributed by atoms with Crippen LogP contribution in [0.1, 0.15) is 12.8 Å². The van der Waals surface area contributed by atoms with Gasteiger partial charge < -0.3 is 20.1 Å². The van der Waals surface area contributed by atoms with E-state index in [2.05, 4.69) is 44.4 Å². The average molecular weight is 390 g/mol. The van der Waals surface area contributed by atoms with Crippen molar-refractivity contribution in [2.24, 2.45) is 5.92 Å². The van der Waals surface area contributed by atoms with Gasteiger partial charge in [-0.25, -0.2) is 4.98 Å². The Kier molecular flexibility index (Phi) is 4.94. The number of benzene rings is 2. The van der Waals surface area contributed by atoms with E-state index in [9.17, 15) is 4.79 Å². The second kappa shape index (κ2) is 7.87. The smallest absolute Gasteiger partial charge is 0.225 e. The Morgan fingerprint density at radius 1 is 0.966 bits per heavy atom. The van der Waals surface area contributed by atoms with Crippen molar-refractivity contribution in [3.05, 3.63) is 48.5 Å². The van der Waals surface area contributed by atoms with Crippen LogP contribution >= 0.6 is 0 Å². The molecule has 2 N–H and O–H groups in total. The van der Waals surface area contributed by atoms with Gasteiger partial charge in [0.1, 0.15) is 5.82 Å². The number of fused-ring (bicyclic) bond motifs is 1. The number of anilines is 1. The van der Waals surface area contributed by atoms with E-state index in [0.29, 0.717) is 5.91 Å². The number of carbonyl (C=O) groups is 1. The maximum atomic E-state index is 12.8. The standard InChI is InChI=1S/C23H27N5O/c29-23(17-8-10-24-11-9-17)28-14-12-27(13-15-28)19-5-3-4-18(16-19)22-25-20-6-1-2-7-21(20)26-22/h1-7,16-17,24H,8-15H2,(H,25,26). The average Bonchev–Trinajstić information content (AvgIpc) is 3.24. The molecule has 1 aromatic heterocycles. The number of nitrogens with zero attached hydrogens (tertiary/aromatic N) is 3. The first kappa shape index (κ1) is 18.2. The van der Waals surface area contributed by atoms with Gasteiger partial charge in [0, 0.05) is 43.3 Å². The summed E-state index contributed by atoms with van der Waals surface area (Å²) in [5.74, 6) is 1.45. The monoisotopic (exact) mass is 389 g/mol. The lowest BCUT2D eigenvalue weighted by atomic mass is 9.96. The minimum absolute atomic E-state index is 0.208. The number of H-pyrrole nitrogens is 1. The zero-order valence-electron chi connectivity index (χ0n) is 16.6. The SMILES string of the molecule is O=C(C1CCNCC1)N1CCN(c2cccc(-c3nc4ccccc4[nH]3)c2)CC1. The van der Waals surface area contributed by atoms with Gasteiger partial charge in [0.25, 0.3) is 0 Å². The molecule has 0 saturated carbocycles. The number of imidazole rings is 1. The highest BCUT2D eigenvalue weighted by molar-refractivity contribution is 5.80. The van der Waals surface area contributed by atoms with Gasteiger partial charge in [-0.15, -0.1) is 0 Å². The number of hydrogen-bond donors (Lipinski definition) is 2. The number of piperazine rings is 1. The summed E-state index contributed by atoms with van der Waals surface area (Å²) in [5.41, 5.74) is 4.32. The van der Waals surface area contributed by atoms with E-state index in [1.54, 1.807) is 0 Å². The third kappa shape index (κ3) is 3.72. The number of para-hydroxylation sites is 2. The van der Waals surface area contributed by atoms with Crippen LogP contribution in [0.15, 0.2) is 48.5 Å². The van der Waals surface area contributed by atoms with E-state index in [0.717, 1.165) is 74.5 Å². The topological polar surface area (TPSA) is 64.3 Å². The molecule has 1 amide bonds. The van der Waals surface area contributed by atoms with E-state index in [1.165, 1.54) is 5.69 Å². The molecule has 2 fully saturated rings. The molecule has 2 aliphatic rings. The zero-order valence-corrected chi connectivity index (χ0v) is 16.6. The van der Waals surface area contributed by atoms with E-state index in [-0.39, 0.29) is 5.92 Å². The first-order valence-electron chi connectivity index (χ1n) is 10.6. The minimum atomic E-state index is 0.208. The second-order valence-electron chi connectivity index (χ2n) is 7.99. The lowest BCUT2D eigenvalue weighted by Gasteiger charge is -2.38. The summed E-state index contributed by atoms with van der Waals surface area (Å²) in [6.45, 7) is 5.28. The Morgan fingerprint density at radius 2 is 1.76 bits per heavy atom. The van der Waals surface area contributed by atoms with Crippen LogP contribution in [0.4, 0.5) is 5.69 Å². The molecular formula is C23H27N5O. The lowest BCUT2D eigenvalue weighted by Crippen LogP contribution is -2.51. The predicted octanol–water partition coefficient (Wildman–Crippen LogP) is 2.88. The molecule has 6 nitrogen and oxygen atoms in total. The summed E-state index contributed by atoms with van der Waals surface area (Å²) in [7, 11) is 0. The number of carbonyl (C=O) groups excluding carboxylic acids is 1. The third-order valence-corrected chi connectivity index (χ3v) is 6.15. The molecule has 29 heavy (non-hydrogen) atoms. The van der Waals surface area contributed by atoms with Crippen LogP contribution in [0.3, 0.4) is 0 Å².